The molecule has 0 atom stereocenters. The molecule has 2 aromatic heterocycles. The van der Waals surface area contributed by atoms with Gasteiger partial charge in [0.1, 0.15) is 17.2 Å². The molecule has 0 radical (unpaired) electrons. The highest BCUT2D eigenvalue weighted by Gasteiger charge is 2.14. The Bertz CT molecular complexity index is 824. The quantitative estimate of drug-likeness (QED) is 0.545. The van der Waals surface area contributed by atoms with Crippen LogP contribution in [0, 0.1) is 6.92 Å². The zero-order valence-corrected chi connectivity index (χ0v) is 15.3. The predicted octanol–water partition coefficient (Wildman–Crippen LogP) is 5.18. The first-order valence-corrected chi connectivity index (χ1v) is 8.24. The summed E-state index contributed by atoms with van der Waals surface area (Å²) < 4.78 is 4.87. The average Bonchev–Trinajstić information content (AvgIpc) is 2.71. The van der Waals surface area contributed by atoms with Gasteiger partial charge in [-0.3, -0.25) is 4.40 Å². The van der Waals surface area contributed by atoms with Crippen molar-refractivity contribution in [2.45, 2.75) is 6.92 Å². The summed E-state index contributed by atoms with van der Waals surface area (Å²) in [6.45, 7) is 2.02. The lowest BCUT2D eigenvalue weighted by Gasteiger charge is -2.02. The van der Waals surface area contributed by atoms with Gasteiger partial charge in [-0.1, -0.05) is 6.07 Å². The molecule has 2 heterocycles. The van der Waals surface area contributed by atoms with Crippen LogP contribution in [0.1, 0.15) is 5.56 Å². The average molecular weight is 460 g/mol. The van der Waals surface area contributed by atoms with Crippen molar-refractivity contribution in [3.63, 3.8) is 0 Å². The summed E-state index contributed by atoms with van der Waals surface area (Å²) in [7, 11) is 0. The van der Waals surface area contributed by atoms with Crippen molar-refractivity contribution in [3.05, 3.63) is 49.4 Å². The lowest BCUT2D eigenvalue weighted by molar-refractivity contribution is 1.16. The van der Waals surface area contributed by atoms with E-state index in [0.717, 1.165) is 35.9 Å². The first-order valence-electron chi connectivity index (χ1n) is 5.86. The van der Waals surface area contributed by atoms with Gasteiger partial charge in [0.25, 0.3) is 0 Å². The molecule has 0 aliphatic heterocycles. The van der Waals surface area contributed by atoms with Gasteiger partial charge in [0.2, 0.25) is 0 Å². The van der Waals surface area contributed by atoms with Crippen LogP contribution in [0.25, 0.3) is 16.9 Å². The van der Waals surface area contributed by atoms with Crippen LogP contribution in [0.4, 0.5) is 5.82 Å². The molecule has 3 nitrogen and oxygen atoms in total. The van der Waals surface area contributed by atoms with Gasteiger partial charge in [0.15, 0.2) is 0 Å². The summed E-state index contributed by atoms with van der Waals surface area (Å²) >= 11 is 10.5. The number of imidazole rings is 1. The van der Waals surface area contributed by atoms with Gasteiger partial charge in [-0.15, -0.1) is 0 Å². The maximum absolute atomic E-state index is 6.25. The Hall–Kier alpha value is -0.850. The van der Waals surface area contributed by atoms with Crippen molar-refractivity contribution >= 4 is 59.3 Å². The van der Waals surface area contributed by atoms with Gasteiger partial charge in [0, 0.05) is 25.2 Å². The van der Waals surface area contributed by atoms with E-state index in [1.54, 1.807) is 0 Å². The SMILES string of the molecule is Cc1cc(Br)cn2c(N)c(-c3ccc(Br)c(Br)c3)nc12. The number of nitrogens with zero attached hydrogens (tertiary/aromatic N) is 2. The second-order valence-electron chi connectivity index (χ2n) is 4.51. The molecule has 3 rings (SSSR count). The zero-order valence-electron chi connectivity index (χ0n) is 10.5. The van der Waals surface area contributed by atoms with Crippen LogP contribution in [-0.4, -0.2) is 9.38 Å². The van der Waals surface area contributed by atoms with E-state index in [9.17, 15) is 0 Å². The van der Waals surface area contributed by atoms with E-state index in [4.69, 9.17) is 5.73 Å². The van der Waals surface area contributed by atoms with Crippen molar-refractivity contribution in [1.29, 1.82) is 0 Å². The first-order chi connectivity index (χ1) is 9.47. The van der Waals surface area contributed by atoms with Crippen molar-refractivity contribution < 1.29 is 0 Å². The van der Waals surface area contributed by atoms with E-state index in [1.165, 1.54) is 0 Å². The number of nitrogen functional groups attached to an aromatic ring is 1. The Balaban J connectivity index is 2.29. The first kappa shape index (κ1) is 14.1. The largest absolute Gasteiger partial charge is 0.383 e. The number of fused-ring (bicyclic) bond motifs is 1. The van der Waals surface area contributed by atoms with Crippen LogP contribution >= 0.6 is 47.8 Å². The number of hydrogen-bond donors (Lipinski definition) is 1. The minimum absolute atomic E-state index is 0.638. The number of pyridine rings is 1. The molecule has 0 fully saturated rings. The molecule has 0 saturated carbocycles. The highest BCUT2D eigenvalue weighted by Crippen LogP contribution is 2.33. The number of rotatable bonds is 1. The molecule has 1 aromatic carbocycles. The standard InChI is InChI=1S/C14H10Br3N3/c1-7-4-9(15)6-20-13(18)12(19-14(7)20)8-2-3-10(16)11(17)5-8/h2-6H,18H2,1H3. The van der Waals surface area contributed by atoms with Crippen LogP contribution in [0.2, 0.25) is 0 Å². The van der Waals surface area contributed by atoms with Crippen LogP contribution in [-0.2, 0) is 0 Å². The smallest absolute Gasteiger partial charge is 0.142 e. The molecule has 6 heteroatoms. The number of aromatic nitrogens is 2. The molecular weight excluding hydrogens is 450 g/mol. The maximum atomic E-state index is 6.25. The second kappa shape index (κ2) is 5.16. The van der Waals surface area contributed by atoms with Gasteiger partial charge in [-0.2, -0.15) is 0 Å². The Morgan fingerprint density at radius 3 is 2.55 bits per heavy atom. The lowest BCUT2D eigenvalue weighted by Crippen LogP contribution is -1.95. The third-order valence-corrected chi connectivity index (χ3v) is 5.41. The fraction of sp³-hybridized carbons (Fsp3) is 0.0714. The number of benzene rings is 1. The van der Waals surface area contributed by atoms with E-state index in [0.29, 0.717) is 5.82 Å². The molecule has 2 N–H and O–H groups in total. The Morgan fingerprint density at radius 2 is 1.85 bits per heavy atom. The minimum atomic E-state index is 0.638. The summed E-state index contributed by atoms with van der Waals surface area (Å²) in [5.74, 6) is 0.638. The van der Waals surface area contributed by atoms with Gasteiger partial charge >= 0.3 is 0 Å². The van der Waals surface area contributed by atoms with E-state index in [2.05, 4.69) is 52.8 Å². The number of halogens is 3. The Morgan fingerprint density at radius 1 is 1.10 bits per heavy atom. The van der Waals surface area contributed by atoms with Crippen molar-refractivity contribution in [2.75, 3.05) is 5.73 Å². The van der Waals surface area contributed by atoms with Gasteiger partial charge in [0.05, 0.1) is 0 Å². The minimum Gasteiger partial charge on any atom is -0.383 e. The molecular formula is C14H10Br3N3. The van der Waals surface area contributed by atoms with E-state index in [1.807, 2.05) is 41.8 Å². The summed E-state index contributed by atoms with van der Waals surface area (Å²) in [4.78, 5) is 4.67. The molecule has 0 aliphatic rings. The number of nitrogens with two attached hydrogens (primary N) is 1. The van der Waals surface area contributed by atoms with Crippen LogP contribution in [0.3, 0.4) is 0 Å². The maximum Gasteiger partial charge on any atom is 0.142 e. The third-order valence-electron chi connectivity index (χ3n) is 3.10. The van der Waals surface area contributed by atoms with E-state index >= 15 is 0 Å². The van der Waals surface area contributed by atoms with E-state index in [-0.39, 0.29) is 0 Å². The van der Waals surface area contributed by atoms with Gasteiger partial charge in [-0.25, -0.2) is 4.98 Å². The molecule has 102 valence electrons. The zero-order chi connectivity index (χ0) is 14.4. The van der Waals surface area contributed by atoms with Crippen molar-refractivity contribution in [2.24, 2.45) is 0 Å². The fourth-order valence-electron chi connectivity index (χ4n) is 2.14. The molecule has 0 aliphatic carbocycles. The molecule has 20 heavy (non-hydrogen) atoms. The van der Waals surface area contributed by atoms with Crippen molar-refractivity contribution in [1.82, 2.24) is 9.38 Å². The van der Waals surface area contributed by atoms with Crippen LogP contribution < -0.4 is 5.73 Å². The van der Waals surface area contributed by atoms with Gasteiger partial charge < -0.3 is 5.73 Å². The molecule has 3 aromatic rings. The Kier molecular flexibility index (Phi) is 3.64. The molecule has 0 saturated heterocycles. The van der Waals surface area contributed by atoms with Crippen LogP contribution in [0.5, 0.6) is 0 Å². The van der Waals surface area contributed by atoms with Gasteiger partial charge in [-0.05, 0) is 78.5 Å². The highest BCUT2D eigenvalue weighted by atomic mass is 79.9. The summed E-state index contributed by atoms with van der Waals surface area (Å²) in [6, 6.07) is 8.01. The topological polar surface area (TPSA) is 43.3 Å². The lowest BCUT2D eigenvalue weighted by atomic mass is 10.1. The Labute approximate surface area is 141 Å². The number of aryl methyl sites for hydroxylation is 1. The summed E-state index contributed by atoms with van der Waals surface area (Å²) in [5.41, 5.74) is 9.98. The van der Waals surface area contributed by atoms with E-state index < -0.39 is 0 Å². The highest BCUT2D eigenvalue weighted by molar-refractivity contribution is 9.13. The van der Waals surface area contributed by atoms with Crippen molar-refractivity contribution in [3.8, 4) is 11.3 Å². The molecule has 0 spiro atoms. The predicted molar refractivity (Wildman–Crippen MR) is 92.9 cm³/mol. The number of hydrogen-bond acceptors (Lipinski definition) is 2. The number of anilines is 1. The fourth-order valence-corrected chi connectivity index (χ4v) is 3.32. The summed E-state index contributed by atoms with van der Waals surface area (Å²) in [5, 5.41) is 0. The normalized spacial score (nSPS) is 11.2. The van der Waals surface area contributed by atoms with Crippen LogP contribution in [0.15, 0.2) is 43.9 Å². The monoisotopic (exact) mass is 457 g/mol. The molecule has 0 unspecified atom stereocenters. The third kappa shape index (κ3) is 2.29. The molecule has 0 bridgehead atoms. The summed E-state index contributed by atoms with van der Waals surface area (Å²) in [6.07, 6.45) is 1.93. The molecule has 0 amide bonds. The second-order valence-corrected chi connectivity index (χ2v) is 7.13.